The van der Waals surface area contributed by atoms with Gasteiger partial charge in [-0.3, -0.25) is 4.21 Å². The van der Waals surface area contributed by atoms with Crippen LogP contribution in [0.15, 0.2) is 6.20 Å². The number of rotatable bonds is 9. The highest BCUT2D eigenvalue weighted by Gasteiger charge is 2.10. The van der Waals surface area contributed by atoms with Crippen LogP contribution in [0, 0.1) is 6.92 Å². The van der Waals surface area contributed by atoms with E-state index in [-0.39, 0.29) is 6.04 Å². The normalized spacial score (nSPS) is 14.3. The quantitative estimate of drug-likeness (QED) is 0.704. The Balaban J connectivity index is 2.54. The molecule has 110 valence electrons. The highest BCUT2D eigenvalue weighted by atomic mass is 32.2. The van der Waals surface area contributed by atoms with Gasteiger partial charge in [0.15, 0.2) is 0 Å². The van der Waals surface area contributed by atoms with Crippen molar-refractivity contribution < 1.29 is 8.95 Å². The van der Waals surface area contributed by atoms with Crippen LogP contribution in [-0.2, 0) is 22.1 Å². The first-order valence-corrected chi connectivity index (χ1v) is 8.43. The number of ether oxygens (including phenoxy) is 1. The molecule has 0 aliphatic carbocycles. The van der Waals surface area contributed by atoms with Crippen LogP contribution in [0.4, 0.5) is 5.95 Å². The minimum atomic E-state index is -0.797. The molecule has 0 aliphatic rings. The first-order chi connectivity index (χ1) is 9.02. The molecule has 2 unspecified atom stereocenters. The SMILES string of the molecule is CCOCCCn1cc(C)nc1NC(C)CS(C)=O. The average Bonchev–Trinajstić information content (AvgIpc) is 2.64. The second kappa shape index (κ2) is 8.32. The monoisotopic (exact) mass is 287 g/mol. The molecule has 0 saturated heterocycles. The van der Waals surface area contributed by atoms with Gasteiger partial charge in [0, 0.05) is 54.8 Å². The van der Waals surface area contributed by atoms with Gasteiger partial charge in [-0.25, -0.2) is 4.98 Å². The van der Waals surface area contributed by atoms with Crippen molar-refractivity contribution >= 4 is 16.7 Å². The summed E-state index contributed by atoms with van der Waals surface area (Å²) in [5.41, 5.74) is 0.990. The predicted molar refractivity (Wildman–Crippen MR) is 80.1 cm³/mol. The second-order valence-corrected chi connectivity index (χ2v) is 6.21. The fourth-order valence-electron chi connectivity index (χ4n) is 1.93. The zero-order valence-corrected chi connectivity index (χ0v) is 13.1. The topological polar surface area (TPSA) is 56.1 Å². The van der Waals surface area contributed by atoms with E-state index in [0.29, 0.717) is 5.75 Å². The van der Waals surface area contributed by atoms with E-state index in [0.717, 1.165) is 37.8 Å². The molecule has 0 fully saturated rings. The molecule has 0 amide bonds. The lowest BCUT2D eigenvalue weighted by Gasteiger charge is -2.14. The first-order valence-electron chi connectivity index (χ1n) is 6.71. The van der Waals surface area contributed by atoms with E-state index in [1.54, 1.807) is 6.26 Å². The molecule has 0 radical (unpaired) electrons. The van der Waals surface area contributed by atoms with E-state index >= 15 is 0 Å². The van der Waals surface area contributed by atoms with Crippen molar-refractivity contribution in [3.05, 3.63) is 11.9 Å². The Labute approximate surface area is 118 Å². The predicted octanol–water partition coefficient (Wildman–Crippen LogP) is 1.80. The van der Waals surface area contributed by atoms with Gasteiger partial charge in [-0.05, 0) is 27.2 Å². The van der Waals surface area contributed by atoms with Gasteiger partial charge in [-0.2, -0.15) is 0 Å². The van der Waals surface area contributed by atoms with E-state index < -0.39 is 10.8 Å². The smallest absolute Gasteiger partial charge is 0.203 e. The van der Waals surface area contributed by atoms with Crippen LogP contribution < -0.4 is 5.32 Å². The van der Waals surface area contributed by atoms with Crippen LogP contribution in [0.2, 0.25) is 0 Å². The number of imidazole rings is 1. The van der Waals surface area contributed by atoms with Crippen LogP contribution >= 0.6 is 0 Å². The minimum absolute atomic E-state index is 0.151. The van der Waals surface area contributed by atoms with Crippen molar-refractivity contribution in [3.63, 3.8) is 0 Å². The molecule has 2 atom stereocenters. The van der Waals surface area contributed by atoms with Gasteiger partial charge in [-0.1, -0.05) is 0 Å². The Bertz CT molecular complexity index is 407. The highest BCUT2D eigenvalue weighted by molar-refractivity contribution is 7.84. The van der Waals surface area contributed by atoms with Gasteiger partial charge in [0.25, 0.3) is 0 Å². The van der Waals surface area contributed by atoms with Gasteiger partial charge in [0.2, 0.25) is 5.95 Å². The summed E-state index contributed by atoms with van der Waals surface area (Å²) in [6.07, 6.45) is 4.72. The summed E-state index contributed by atoms with van der Waals surface area (Å²) in [4.78, 5) is 4.47. The molecular formula is C13H25N3O2S. The number of aryl methyl sites for hydroxylation is 2. The van der Waals surface area contributed by atoms with Crippen LogP contribution in [0.3, 0.4) is 0 Å². The summed E-state index contributed by atoms with van der Waals surface area (Å²) >= 11 is 0. The zero-order valence-electron chi connectivity index (χ0n) is 12.3. The van der Waals surface area contributed by atoms with Crippen LogP contribution in [0.1, 0.15) is 26.0 Å². The maximum absolute atomic E-state index is 11.2. The zero-order chi connectivity index (χ0) is 14.3. The summed E-state index contributed by atoms with van der Waals surface area (Å²) < 4.78 is 18.6. The van der Waals surface area contributed by atoms with E-state index in [9.17, 15) is 4.21 Å². The Morgan fingerprint density at radius 2 is 2.32 bits per heavy atom. The number of aromatic nitrogens is 2. The summed E-state index contributed by atoms with van der Waals surface area (Å²) in [5.74, 6) is 1.48. The summed E-state index contributed by atoms with van der Waals surface area (Å²) in [5, 5.41) is 3.32. The molecule has 19 heavy (non-hydrogen) atoms. The molecule has 0 spiro atoms. The Morgan fingerprint density at radius 1 is 1.58 bits per heavy atom. The van der Waals surface area contributed by atoms with Gasteiger partial charge >= 0.3 is 0 Å². The molecular weight excluding hydrogens is 262 g/mol. The maximum Gasteiger partial charge on any atom is 0.203 e. The van der Waals surface area contributed by atoms with E-state index in [2.05, 4.69) is 14.9 Å². The fourth-order valence-corrected chi connectivity index (χ4v) is 2.72. The summed E-state index contributed by atoms with van der Waals surface area (Å²) in [6, 6.07) is 0.151. The van der Waals surface area contributed by atoms with Crippen molar-refractivity contribution in [1.82, 2.24) is 9.55 Å². The lowest BCUT2D eigenvalue weighted by molar-refractivity contribution is 0.142. The van der Waals surface area contributed by atoms with E-state index in [1.165, 1.54) is 0 Å². The van der Waals surface area contributed by atoms with Gasteiger partial charge < -0.3 is 14.6 Å². The maximum atomic E-state index is 11.2. The molecule has 1 rings (SSSR count). The van der Waals surface area contributed by atoms with E-state index in [1.807, 2.05) is 27.0 Å². The van der Waals surface area contributed by atoms with Crippen LogP contribution in [0.25, 0.3) is 0 Å². The number of nitrogens with one attached hydrogen (secondary N) is 1. The second-order valence-electron chi connectivity index (χ2n) is 4.74. The number of anilines is 1. The number of hydrogen-bond acceptors (Lipinski definition) is 4. The Kier molecular flexibility index (Phi) is 7.09. The molecule has 0 saturated carbocycles. The third kappa shape index (κ3) is 6.20. The first kappa shape index (κ1) is 16.2. The van der Waals surface area contributed by atoms with Crippen LogP contribution in [-0.4, -0.2) is 45.0 Å². The summed E-state index contributed by atoms with van der Waals surface area (Å²) in [7, 11) is -0.797. The summed E-state index contributed by atoms with van der Waals surface area (Å²) in [6.45, 7) is 8.41. The van der Waals surface area contributed by atoms with Crippen molar-refractivity contribution in [3.8, 4) is 0 Å². The number of nitrogens with zero attached hydrogens (tertiary/aromatic N) is 2. The molecule has 1 aromatic heterocycles. The minimum Gasteiger partial charge on any atom is -0.382 e. The molecule has 1 heterocycles. The lowest BCUT2D eigenvalue weighted by Crippen LogP contribution is -2.24. The molecule has 6 heteroatoms. The van der Waals surface area contributed by atoms with E-state index in [4.69, 9.17) is 4.74 Å². The highest BCUT2D eigenvalue weighted by Crippen LogP contribution is 2.11. The van der Waals surface area contributed by atoms with Crippen molar-refractivity contribution in [1.29, 1.82) is 0 Å². The Hall–Kier alpha value is -0.880. The van der Waals surface area contributed by atoms with Crippen molar-refractivity contribution in [2.75, 3.05) is 30.5 Å². The van der Waals surface area contributed by atoms with Gasteiger partial charge in [0.05, 0.1) is 5.69 Å². The Morgan fingerprint density at radius 3 is 2.95 bits per heavy atom. The molecule has 5 nitrogen and oxygen atoms in total. The third-order valence-electron chi connectivity index (χ3n) is 2.65. The van der Waals surface area contributed by atoms with Gasteiger partial charge in [-0.15, -0.1) is 0 Å². The molecule has 1 aromatic rings. The molecule has 0 aliphatic heterocycles. The standard InChI is InChI=1S/C13H25N3O2S/c1-5-18-8-6-7-16-9-11(2)14-13(16)15-12(3)10-19(4)17/h9,12H,5-8,10H2,1-4H3,(H,14,15). The molecule has 1 N–H and O–H groups in total. The lowest BCUT2D eigenvalue weighted by atomic mass is 10.4. The molecule has 0 aromatic carbocycles. The fraction of sp³-hybridized carbons (Fsp3) is 0.769. The average molecular weight is 287 g/mol. The van der Waals surface area contributed by atoms with Crippen molar-refractivity contribution in [2.45, 2.75) is 39.8 Å². The number of hydrogen-bond donors (Lipinski definition) is 1. The van der Waals surface area contributed by atoms with Gasteiger partial charge in [0.1, 0.15) is 0 Å². The third-order valence-corrected chi connectivity index (χ3v) is 3.62. The largest absolute Gasteiger partial charge is 0.382 e. The molecule has 0 bridgehead atoms. The van der Waals surface area contributed by atoms with Crippen molar-refractivity contribution in [2.24, 2.45) is 0 Å². The van der Waals surface area contributed by atoms with Crippen LogP contribution in [0.5, 0.6) is 0 Å².